The van der Waals surface area contributed by atoms with Gasteiger partial charge in [-0.3, -0.25) is 4.79 Å². The summed E-state index contributed by atoms with van der Waals surface area (Å²) in [7, 11) is 0. The Morgan fingerprint density at radius 3 is 2.40 bits per heavy atom. The number of hydrogen-bond donors (Lipinski definition) is 5. The Balaban J connectivity index is 1.84. The molecule has 5 N–H and O–H groups in total. The van der Waals surface area contributed by atoms with Crippen LogP contribution >= 0.6 is 0 Å². The van der Waals surface area contributed by atoms with Crippen molar-refractivity contribution in [1.82, 2.24) is 0 Å². The average molecular weight is 416 g/mol. The molecular weight excluding hydrogens is 396 g/mol. The maximum Gasteiger partial charge on any atom is 0.235 e. The summed E-state index contributed by atoms with van der Waals surface area (Å²) in [5.74, 6) is -0.355. The molecule has 0 unspecified atom stereocenters. The third-order valence-corrected chi connectivity index (χ3v) is 4.95. The number of aliphatic hydroxyl groups excluding tert-OH is 4. The molecule has 2 aromatic carbocycles. The fourth-order valence-electron chi connectivity index (χ4n) is 3.33. The molecule has 30 heavy (non-hydrogen) atoms. The lowest BCUT2D eigenvalue weighted by molar-refractivity contribution is -0.277. The van der Waals surface area contributed by atoms with Gasteiger partial charge in [-0.1, -0.05) is 30.3 Å². The first-order valence-electron chi connectivity index (χ1n) is 9.23. The normalized spacial score (nSPS) is 26.6. The van der Waals surface area contributed by atoms with Crippen LogP contribution in [0.4, 0.5) is 0 Å². The van der Waals surface area contributed by atoms with Crippen molar-refractivity contribution >= 4 is 11.0 Å². The highest BCUT2D eigenvalue weighted by Crippen LogP contribution is 2.34. The summed E-state index contributed by atoms with van der Waals surface area (Å²) in [6, 6.07) is 12.5. The van der Waals surface area contributed by atoms with Crippen molar-refractivity contribution in [1.29, 1.82) is 0 Å². The molecule has 0 saturated carbocycles. The molecule has 4 rings (SSSR count). The van der Waals surface area contributed by atoms with E-state index in [2.05, 4.69) is 0 Å². The number of ether oxygens (including phenoxy) is 2. The van der Waals surface area contributed by atoms with Gasteiger partial charge in [-0.25, -0.2) is 0 Å². The molecule has 1 saturated heterocycles. The zero-order valence-electron chi connectivity index (χ0n) is 15.6. The average Bonchev–Trinajstić information content (AvgIpc) is 2.76. The van der Waals surface area contributed by atoms with Crippen molar-refractivity contribution in [3.8, 4) is 22.8 Å². The van der Waals surface area contributed by atoms with Gasteiger partial charge in [-0.05, 0) is 12.1 Å². The SMILES string of the molecule is O=c1c(O[C@@H]2O[C@H](CO)[C@H](O)[C@H](O)[C@H]2O)c(-c2ccccc2)oc2cc(O)ccc12. The summed E-state index contributed by atoms with van der Waals surface area (Å²) in [4.78, 5) is 13.1. The monoisotopic (exact) mass is 416 g/mol. The van der Waals surface area contributed by atoms with Crippen LogP contribution in [0.1, 0.15) is 0 Å². The largest absolute Gasteiger partial charge is 0.508 e. The minimum absolute atomic E-state index is 0.0238. The summed E-state index contributed by atoms with van der Waals surface area (Å²) >= 11 is 0. The number of rotatable bonds is 4. The van der Waals surface area contributed by atoms with Crippen LogP contribution in [0.25, 0.3) is 22.3 Å². The molecule has 0 spiro atoms. The maximum absolute atomic E-state index is 13.1. The number of fused-ring (bicyclic) bond motifs is 1. The van der Waals surface area contributed by atoms with Gasteiger partial charge in [0.05, 0.1) is 12.0 Å². The first kappa shape index (κ1) is 20.3. The number of aromatic hydroxyl groups is 1. The Kier molecular flexibility index (Phi) is 5.46. The van der Waals surface area contributed by atoms with E-state index in [1.807, 2.05) is 0 Å². The molecule has 3 aromatic rings. The first-order chi connectivity index (χ1) is 14.4. The highest BCUT2D eigenvalue weighted by molar-refractivity contribution is 5.83. The Hall–Kier alpha value is -2.95. The van der Waals surface area contributed by atoms with E-state index in [9.17, 15) is 30.3 Å². The Bertz CT molecular complexity index is 1090. The smallest absolute Gasteiger partial charge is 0.235 e. The molecule has 0 amide bonds. The molecule has 2 heterocycles. The minimum Gasteiger partial charge on any atom is -0.508 e. The predicted molar refractivity (Wildman–Crippen MR) is 104 cm³/mol. The summed E-state index contributed by atoms with van der Waals surface area (Å²) in [6.45, 7) is -0.637. The van der Waals surface area contributed by atoms with Crippen LogP contribution in [0.15, 0.2) is 57.7 Å². The molecule has 1 aliphatic rings. The highest BCUT2D eigenvalue weighted by Gasteiger charge is 2.45. The van der Waals surface area contributed by atoms with E-state index in [1.54, 1.807) is 30.3 Å². The van der Waals surface area contributed by atoms with Gasteiger partial charge in [-0.2, -0.15) is 0 Å². The van der Waals surface area contributed by atoms with Gasteiger partial charge in [-0.15, -0.1) is 0 Å². The van der Waals surface area contributed by atoms with Crippen LogP contribution in [-0.2, 0) is 4.74 Å². The van der Waals surface area contributed by atoms with Crippen molar-refractivity contribution in [2.24, 2.45) is 0 Å². The topological polar surface area (TPSA) is 150 Å². The van der Waals surface area contributed by atoms with Gasteiger partial charge < -0.3 is 39.4 Å². The number of aliphatic hydroxyl groups is 4. The molecule has 0 radical (unpaired) electrons. The molecule has 158 valence electrons. The van der Waals surface area contributed by atoms with Gasteiger partial charge in [0.25, 0.3) is 0 Å². The van der Waals surface area contributed by atoms with E-state index < -0.39 is 42.7 Å². The van der Waals surface area contributed by atoms with Crippen molar-refractivity contribution in [2.45, 2.75) is 30.7 Å². The van der Waals surface area contributed by atoms with Crippen molar-refractivity contribution in [3.63, 3.8) is 0 Å². The highest BCUT2D eigenvalue weighted by atomic mass is 16.7. The van der Waals surface area contributed by atoms with Gasteiger partial charge in [0.15, 0.2) is 5.76 Å². The maximum atomic E-state index is 13.1. The second-order valence-corrected chi connectivity index (χ2v) is 6.95. The molecule has 0 bridgehead atoms. The Morgan fingerprint density at radius 1 is 0.967 bits per heavy atom. The van der Waals surface area contributed by atoms with Crippen LogP contribution in [0.3, 0.4) is 0 Å². The number of benzene rings is 2. The lowest BCUT2D eigenvalue weighted by Crippen LogP contribution is -2.60. The van der Waals surface area contributed by atoms with Crippen molar-refractivity contribution in [3.05, 3.63) is 58.8 Å². The van der Waals surface area contributed by atoms with Gasteiger partial charge in [0, 0.05) is 11.6 Å². The summed E-state index contributed by atoms with van der Waals surface area (Å²) in [5, 5.41) is 49.4. The van der Waals surface area contributed by atoms with E-state index in [1.165, 1.54) is 18.2 Å². The Labute approximate surface area is 170 Å². The fourth-order valence-corrected chi connectivity index (χ4v) is 3.33. The van der Waals surface area contributed by atoms with Crippen LogP contribution in [0.5, 0.6) is 11.5 Å². The molecule has 5 atom stereocenters. The predicted octanol–water partition coefficient (Wildman–Crippen LogP) is 0.344. The molecule has 9 nitrogen and oxygen atoms in total. The van der Waals surface area contributed by atoms with Crippen LogP contribution < -0.4 is 10.2 Å². The summed E-state index contributed by atoms with van der Waals surface area (Å²) < 4.78 is 16.8. The summed E-state index contributed by atoms with van der Waals surface area (Å²) in [5.41, 5.74) is 0.0199. The lowest BCUT2D eigenvalue weighted by Gasteiger charge is -2.39. The first-order valence-corrected chi connectivity index (χ1v) is 9.23. The summed E-state index contributed by atoms with van der Waals surface area (Å²) in [6.07, 6.45) is -7.67. The van der Waals surface area contributed by atoms with Crippen molar-refractivity contribution < 1.29 is 39.4 Å². The fraction of sp³-hybridized carbons (Fsp3) is 0.286. The standard InChI is InChI=1S/C21H20O9/c22-9-14-16(25)17(26)18(27)21(29-14)30-20-15(24)12-7-6-11(23)8-13(12)28-19(20)10-4-2-1-3-5-10/h1-8,14,16-18,21-23,25-27H,9H2/t14-,16+,17+,18-,21+/m1/s1. The van der Waals surface area contributed by atoms with Crippen LogP contribution in [0.2, 0.25) is 0 Å². The molecule has 9 heteroatoms. The molecule has 1 aromatic heterocycles. The number of phenols is 1. The van der Waals surface area contributed by atoms with Crippen molar-refractivity contribution in [2.75, 3.05) is 6.61 Å². The number of phenolic OH excluding ortho intramolecular Hbond substituents is 1. The Morgan fingerprint density at radius 2 is 1.70 bits per heavy atom. The zero-order valence-corrected chi connectivity index (χ0v) is 15.6. The van der Waals surface area contributed by atoms with E-state index in [0.717, 1.165) is 0 Å². The number of hydrogen-bond acceptors (Lipinski definition) is 9. The van der Waals surface area contributed by atoms with E-state index in [4.69, 9.17) is 13.9 Å². The van der Waals surface area contributed by atoms with Gasteiger partial charge in [0.1, 0.15) is 35.7 Å². The van der Waals surface area contributed by atoms with E-state index in [0.29, 0.717) is 5.56 Å². The third-order valence-electron chi connectivity index (χ3n) is 4.95. The van der Waals surface area contributed by atoms with Gasteiger partial charge >= 0.3 is 0 Å². The molecular formula is C21H20O9. The second kappa shape index (κ2) is 8.05. The van der Waals surface area contributed by atoms with Crippen LogP contribution in [-0.4, -0.2) is 62.8 Å². The van der Waals surface area contributed by atoms with Crippen LogP contribution in [0, 0.1) is 0 Å². The minimum atomic E-state index is -1.69. The molecule has 0 aliphatic carbocycles. The molecule has 1 fully saturated rings. The zero-order chi connectivity index (χ0) is 21.4. The quantitative estimate of drug-likeness (QED) is 0.406. The van der Waals surface area contributed by atoms with E-state index >= 15 is 0 Å². The van der Waals surface area contributed by atoms with E-state index in [-0.39, 0.29) is 28.2 Å². The third kappa shape index (κ3) is 3.53. The molecule has 1 aliphatic heterocycles. The second-order valence-electron chi connectivity index (χ2n) is 6.95. The lowest BCUT2D eigenvalue weighted by atomic mass is 9.99. The van der Waals surface area contributed by atoms with Gasteiger partial charge in [0.2, 0.25) is 17.5 Å².